The number of rotatable bonds is 5. The number of aromatic amines is 1. The number of pyridine rings is 1. The fourth-order valence-electron chi connectivity index (χ4n) is 4.53. The molecule has 0 unspecified atom stereocenters. The number of H-pyrrole nitrogens is 1. The van der Waals surface area contributed by atoms with Crippen molar-refractivity contribution >= 4 is 22.4 Å². The predicted octanol–water partition coefficient (Wildman–Crippen LogP) is 5.00. The maximum Gasteiger partial charge on any atom is 0.140 e. The van der Waals surface area contributed by atoms with Crippen LogP contribution in [0.4, 0.5) is 11.5 Å². The van der Waals surface area contributed by atoms with Crippen LogP contribution in [0.5, 0.6) is 0 Å². The van der Waals surface area contributed by atoms with Crippen LogP contribution in [-0.2, 0) is 6.54 Å². The molecule has 1 saturated heterocycles. The summed E-state index contributed by atoms with van der Waals surface area (Å²) >= 11 is 0. The first-order chi connectivity index (χ1) is 15.7. The van der Waals surface area contributed by atoms with E-state index in [0.29, 0.717) is 5.69 Å². The summed E-state index contributed by atoms with van der Waals surface area (Å²) in [6, 6.07) is 16.5. The van der Waals surface area contributed by atoms with E-state index in [2.05, 4.69) is 49.4 Å². The van der Waals surface area contributed by atoms with E-state index in [4.69, 9.17) is 10.2 Å². The molecule has 1 aliphatic rings. The lowest BCUT2D eigenvalue weighted by Gasteiger charge is -2.35. The summed E-state index contributed by atoms with van der Waals surface area (Å²) in [7, 11) is 0. The molecule has 1 aliphatic heterocycles. The predicted molar refractivity (Wildman–Crippen MR) is 124 cm³/mol. The number of nitrogens with zero attached hydrogens (tertiary/aromatic N) is 5. The Morgan fingerprint density at radius 1 is 1.19 bits per heavy atom. The van der Waals surface area contributed by atoms with Crippen LogP contribution in [0.25, 0.3) is 10.9 Å². The number of hydrogen-bond donors (Lipinski definition) is 2. The molecule has 5 rings (SSSR count). The summed E-state index contributed by atoms with van der Waals surface area (Å²) in [5.74, 6) is 1.49. The Balaban J connectivity index is 1.41. The van der Waals surface area contributed by atoms with Gasteiger partial charge in [-0.15, -0.1) is 0 Å². The van der Waals surface area contributed by atoms with Gasteiger partial charge in [-0.05, 0) is 56.1 Å². The highest BCUT2D eigenvalue weighted by Gasteiger charge is 2.26. The normalized spacial score (nSPS) is 16.7. The summed E-state index contributed by atoms with van der Waals surface area (Å²) in [4.78, 5) is 19.4. The Labute approximate surface area is 187 Å². The lowest BCUT2D eigenvalue weighted by Crippen LogP contribution is -2.33. The Bertz CT molecular complexity index is 1270. The molecule has 7 nitrogen and oxygen atoms in total. The molecule has 0 aliphatic carbocycles. The second-order valence-electron chi connectivity index (χ2n) is 8.23. The second-order valence-corrected chi connectivity index (χ2v) is 8.23. The molecule has 7 heteroatoms. The molecule has 3 aromatic heterocycles. The fraction of sp³-hybridized carbons (Fsp3) is 0.280. The van der Waals surface area contributed by atoms with Crippen LogP contribution in [0.15, 0.2) is 54.9 Å². The molecule has 4 aromatic rings. The van der Waals surface area contributed by atoms with Crippen molar-refractivity contribution in [3.05, 3.63) is 77.6 Å². The van der Waals surface area contributed by atoms with E-state index in [-0.39, 0.29) is 6.04 Å². The summed E-state index contributed by atoms with van der Waals surface area (Å²) < 4.78 is 0. The Kier molecular flexibility index (Phi) is 5.53. The zero-order chi connectivity index (χ0) is 21.9. The molecule has 1 atom stereocenters. The molecule has 4 heterocycles. The average Bonchev–Trinajstić information content (AvgIpc) is 3.30. The smallest absolute Gasteiger partial charge is 0.140 e. The number of piperidine rings is 1. The molecule has 0 spiro atoms. The van der Waals surface area contributed by atoms with E-state index >= 15 is 0 Å². The lowest BCUT2D eigenvalue weighted by atomic mass is 9.97. The molecule has 1 fully saturated rings. The van der Waals surface area contributed by atoms with Gasteiger partial charge in [-0.1, -0.05) is 18.6 Å². The van der Waals surface area contributed by atoms with E-state index in [1.807, 2.05) is 31.3 Å². The third-order valence-electron chi connectivity index (χ3n) is 6.02. The van der Waals surface area contributed by atoms with Gasteiger partial charge in [0, 0.05) is 29.7 Å². The number of anilines is 2. The number of nitrogens with one attached hydrogen (secondary N) is 2. The van der Waals surface area contributed by atoms with Crippen LogP contribution in [0.1, 0.15) is 48.1 Å². The van der Waals surface area contributed by atoms with Gasteiger partial charge < -0.3 is 10.3 Å². The number of aryl methyl sites for hydroxylation is 1. The first-order valence-electron chi connectivity index (χ1n) is 11.0. The Hall–Kier alpha value is -3.76. The van der Waals surface area contributed by atoms with Crippen molar-refractivity contribution in [3.63, 3.8) is 0 Å². The minimum Gasteiger partial charge on any atom is -0.361 e. The van der Waals surface area contributed by atoms with Crippen molar-refractivity contribution in [2.75, 3.05) is 11.9 Å². The summed E-state index contributed by atoms with van der Waals surface area (Å²) in [6.07, 6.45) is 7.13. The van der Waals surface area contributed by atoms with Crippen LogP contribution in [0.2, 0.25) is 0 Å². The lowest BCUT2D eigenvalue weighted by molar-refractivity contribution is 0.137. The number of hydrogen-bond acceptors (Lipinski definition) is 6. The van der Waals surface area contributed by atoms with Gasteiger partial charge in [0.25, 0.3) is 0 Å². The zero-order valence-corrected chi connectivity index (χ0v) is 18.0. The van der Waals surface area contributed by atoms with Crippen LogP contribution in [0.3, 0.4) is 0 Å². The average molecular weight is 424 g/mol. The van der Waals surface area contributed by atoms with Gasteiger partial charge in [0.2, 0.25) is 0 Å². The van der Waals surface area contributed by atoms with E-state index in [1.165, 1.54) is 29.3 Å². The Morgan fingerprint density at radius 2 is 2.12 bits per heavy atom. The molecule has 0 bridgehead atoms. The van der Waals surface area contributed by atoms with Gasteiger partial charge in [-0.25, -0.2) is 15.0 Å². The van der Waals surface area contributed by atoms with Crippen molar-refractivity contribution < 1.29 is 0 Å². The number of likely N-dealkylation sites (tertiary alicyclic amines) is 1. The molecule has 32 heavy (non-hydrogen) atoms. The van der Waals surface area contributed by atoms with Crippen molar-refractivity contribution in [2.24, 2.45) is 0 Å². The van der Waals surface area contributed by atoms with E-state index in [9.17, 15) is 0 Å². The number of benzene rings is 1. The highest BCUT2D eigenvalue weighted by molar-refractivity contribution is 5.82. The first kappa shape index (κ1) is 20.2. The standard InChI is InChI=1S/C25H25N7/c1-17-29-23(13-25(30-17)31-20-9-8-19(14-26)28-15-20)24-7-2-3-12-32(24)16-18-5-4-6-22-21(18)10-11-27-22/h4-6,8-11,13,15,24,27H,2-3,7,12,16H2,1H3,(H,29,30,31)/t24-/m0/s1. The molecule has 0 amide bonds. The molecule has 0 radical (unpaired) electrons. The van der Waals surface area contributed by atoms with Crippen molar-refractivity contribution in [2.45, 2.75) is 38.8 Å². The zero-order valence-electron chi connectivity index (χ0n) is 18.0. The SMILES string of the molecule is Cc1nc(Nc2ccc(C#N)nc2)cc([C@@H]2CCCCN2Cc2cccc3[nH]ccc23)n1. The molecular formula is C25H25N7. The minimum absolute atomic E-state index is 0.249. The number of nitriles is 1. The molecule has 160 valence electrons. The van der Waals surface area contributed by atoms with Crippen LogP contribution in [0, 0.1) is 18.3 Å². The Morgan fingerprint density at radius 3 is 2.97 bits per heavy atom. The molecule has 0 saturated carbocycles. The monoisotopic (exact) mass is 423 g/mol. The van der Waals surface area contributed by atoms with Crippen molar-refractivity contribution in [1.82, 2.24) is 24.8 Å². The van der Waals surface area contributed by atoms with Gasteiger partial charge in [-0.2, -0.15) is 5.26 Å². The highest BCUT2D eigenvalue weighted by Crippen LogP contribution is 2.33. The van der Waals surface area contributed by atoms with Gasteiger partial charge in [-0.3, -0.25) is 4.90 Å². The summed E-state index contributed by atoms with van der Waals surface area (Å²) in [6.45, 7) is 3.88. The maximum absolute atomic E-state index is 8.95. The van der Waals surface area contributed by atoms with Gasteiger partial charge in [0.15, 0.2) is 0 Å². The minimum atomic E-state index is 0.249. The van der Waals surface area contributed by atoms with E-state index in [1.54, 1.807) is 12.3 Å². The maximum atomic E-state index is 8.95. The topological polar surface area (TPSA) is 93.5 Å². The van der Waals surface area contributed by atoms with E-state index in [0.717, 1.165) is 42.5 Å². The number of aromatic nitrogens is 4. The second kappa shape index (κ2) is 8.77. The first-order valence-corrected chi connectivity index (χ1v) is 11.0. The van der Waals surface area contributed by atoms with Gasteiger partial charge >= 0.3 is 0 Å². The van der Waals surface area contributed by atoms with E-state index < -0.39 is 0 Å². The number of fused-ring (bicyclic) bond motifs is 1. The van der Waals surface area contributed by atoms with Crippen LogP contribution >= 0.6 is 0 Å². The molecule has 2 N–H and O–H groups in total. The molecule has 1 aromatic carbocycles. The summed E-state index contributed by atoms with van der Waals surface area (Å²) in [5.41, 5.74) is 4.75. The third kappa shape index (κ3) is 4.18. The van der Waals surface area contributed by atoms with Gasteiger partial charge in [0.05, 0.1) is 23.6 Å². The third-order valence-corrected chi connectivity index (χ3v) is 6.02. The van der Waals surface area contributed by atoms with Crippen molar-refractivity contribution in [3.8, 4) is 6.07 Å². The summed E-state index contributed by atoms with van der Waals surface area (Å²) in [5, 5.41) is 13.6. The van der Waals surface area contributed by atoms with Crippen LogP contribution in [-0.4, -0.2) is 31.4 Å². The fourth-order valence-corrected chi connectivity index (χ4v) is 4.53. The van der Waals surface area contributed by atoms with Gasteiger partial charge in [0.1, 0.15) is 23.4 Å². The largest absolute Gasteiger partial charge is 0.361 e. The van der Waals surface area contributed by atoms with Crippen molar-refractivity contribution in [1.29, 1.82) is 5.26 Å². The molecular weight excluding hydrogens is 398 g/mol. The van der Waals surface area contributed by atoms with Crippen LogP contribution < -0.4 is 5.32 Å². The quantitative estimate of drug-likeness (QED) is 0.469. The highest BCUT2D eigenvalue weighted by atomic mass is 15.2.